The van der Waals surface area contributed by atoms with Gasteiger partial charge in [0.15, 0.2) is 6.29 Å². The van der Waals surface area contributed by atoms with E-state index in [0.717, 1.165) is 11.1 Å². The molecule has 8 nitrogen and oxygen atoms in total. The van der Waals surface area contributed by atoms with Gasteiger partial charge in [0.05, 0.1) is 38.8 Å². The zero-order valence-electron chi connectivity index (χ0n) is 16.6. The van der Waals surface area contributed by atoms with Crippen molar-refractivity contribution in [3.63, 3.8) is 0 Å². The molecule has 1 aliphatic heterocycles. The number of aromatic amines is 1. The summed E-state index contributed by atoms with van der Waals surface area (Å²) in [5, 5.41) is -0.127. The van der Waals surface area contributed by atoms with Crippen molar-refractivity contribution in [2.24, 2.45) is 0 Å². The maximum Gasteiger partial charge on any atom is 0.226 e. The Morgan fingerprint density at radius 1 is 0.933 bits per heavy atom. The van der Waals surface area contributed by atoms with Crippen molar-refractivity contribution in [1.29, 1.82) is 0 Å². The molecule has 1 aromatic heterocycles. The molecule has 3 aromatic rings. The fraction of sp³-hybridized carbons (Fsp3) is 0.286. The van der Waals surface area contributed by atoms with Gasteiger partial charge in [0.2, 0.25) is 15.0 Å². The van der Waals surface area contributed by atoms with Gasteiger partial charge in [-0.25, -0.2) is 13.4 Å². The summed E-state index contributed by atoms with van der Waals surface area (Å²) >= 11 is 0. The first kappa shape index (κ1) is 20.4. The Bertz CT molecular complexity index is 1040. The van der Waals surface area contributed by atoms with E-state index in [1.54, 1.807) is 26.4 Å². The molecule has 1 saturated heterocycles. The number of hydrogen-bond donors (Lipinski definition) is 1. The SMILES string of the molecule is COc1ccc(-c2nc(S(=O)(=O)CC3OCCO3)[nH]c2-c2ccc(OC)cc2)cc1. The van der Waals surface area contributed by atoms with Crippen LogP contribution in [-0.4, -0.2) is 57.9 Å². The first-order valence-corrected chi connectivity index (χ1v) is 11.0. The Balaban J connectivity index is 1.77. The van der Waals surface area contributed by atoms with Crippen LogP contribution in [0.5, 0.6) is 11.5 Å². The number of nitrogens with one attached hydrogen (secondary N) is 1. The highest BCUT2D eigenvalue weighted by Crippen LogP contribution is 2.33. The maximum atomic E-state index is 12.9. The lowest BCUT2D eigenvalue weighted by Crippen LogP contribution is -2.22. The van der Waals surface area contributed by atoms with Gasteiger partial charge >= 0.3 is 0 Å². The molecule has 0 saturated carbocycles. The number of hydrogen-bond acceptors (Lipinski definition) is 7. The number of ether oxygens (including phenoxy) is 4. The van der Waals surface area contributed by atoms with Crippen LogP contribution in [0.4, 0.5) is 0 Å². The summed E-state index contributed by atoms with van der Waals surface area (Å²) in [6.45, 7) is 0.763. The second-order valence-electron chi connectivity index (χ2n) is 6.68. The Morgan fingerprint density at radius 2 is 1.47 bits per heavy atom. The quantitative estimate of drug-likeness (QED) is 0.615. The minimum Gasteiger partial charge on any atom is -0.497 e. The number of aromatic nitrogens is 2. The van der Waals surface area contributed by atoms with Gasteiger partial charge in [0.1, 0.15) is 17.3 Å². The minimum atomic E-state index is -3.75. The second kappa shape index (κ2) is 8.47. The van der Waals surface area contributed by atoms with Crippen molar-refractivity contribution < 1.29 is 27.4 Å². The first-order chi connectivity index (χ1) is 14.5. The summed E-state index contributed by atoms with van der Waals surface area (Å²) in [7, 11) is -0.576. The number of sulfone groups is 1. The van der Waals surface area contributed by atoms with E-state index in [1.807, 2.05) is 36.4 Å². The molecule has 1 fully saturated rings. The van der Waals surface area contributed by atoms with Crippen LogP contribution in [0, 0.1) is 0 Å². The van der Waals surface area contributed by atoms with Crippen LogP contribution in [0.1, 0.15) is 0 Å². The summed E-state index contributed by atoms with van der Waals surface area (Å²) in [6.07, 6.45) is -0.783. The van der Waals surface area contributed by atoms with Crippen molar-refractivity contribution in [3.05, 3.63) is 48.5 Å². The molecular weight excluding hydrogens is 408 g/mol. The summed E-state index contributed by atoms with van der Waals surface area (Å²) < 4.78 is 46.9. The number of rotatable bonds is 7. The Morgan fingerprint density at radius 3 is 2.00 bits per heavy atom. The second-order valence-corrected chi connectivity index (χ2v) is 8.62. The zero-order chi connectivity index (χ0) is 21.1. The molecule has 0 spiro atoms. The number of H-pyrrole nitrogens is 1. The van der Waals surface area contributed by atoms with Gasteiger partial charge in [-0.05, 0) is 48.5 Å². The molecule has 0 bridgehead atoms. The number of imidazole rings is 1. The standard InChI is InChI=1S/C21H22N2O6S/c1-26-16-7-3-14(4-8-16)19-20(15-5-9-17(27-2)10-6-15)23-21(22-19)30(24,25)13-18-28-11-12-29-18/h3-10,18H,11-13H2,1-2H3,(H,22,23). The van der Waals surface area contributed by atoms with Gasteiger partial charge in [-0.1, -0.05) is 0 Å². The fourth-order valence-corrected chi connectivity index (χ4v) is 4.38. The van der Waals surface area contributed by atoms with Gasteiger partial charge in [-0.2, -0.15) is 0 Å². The summed E-state index contributed by atoms with van der Waals surface area (Å²) in [4.78, 5) is 7.44. The monoisotopic (exact) mass is 430 g/mol. The van der Waals surface area contributed by atoms with Crippen LogP contribution in [0.3, 0.4) is 0 Å². The molecule has 4 rings (SSSR count). The van der Waals surface area contributed by atoms with Crippen LogP contribution in [0.15, 0.2) is 53.7 Å². The minimum absolute atomic E-state index is 0.127. The lowest BCUT2D eigenvalue weighted by molar-refractivity contribution is -0.0227. The summed E-state index contributed by atoms with van der Waals surface area (Å²) in [6, 6.07) is 14.6. The van der Waals surface area contributed by atoms with E-state index < -0.39 is 16.1 Å². The lowest BCUT2D eigenvalue weighted by Gasteiger charge is -2.07. The average molecular weight is 430 g/mol. The van der Waals surface area contributed by atoms with Crippen LogP contribution in [-0.2, 0) is 19.3 Å². The van der Waals surface area contributed by atoms with Crippen molar-refractivity contribution in [2.45, 2.75) is 11.4 Å². The molecule has 0 atom stereocenters. The Labute approximate surface area is 174 Å². The van der Waals surface area contributed by atoms with Crippen LogP contribution >= 0.6 is 0 Å². The molecule has 0 amide bonds. The maximum absolute atomic E-state index is 12.9. The van der Waals surface area contributed by atoms with Gasteiger partial charge in [0, 0.05) is 11.1 Å². The Kier molecular flexibility index (Phi) is 5.76. The smallest absolute Gasteiger partial charge is 0.226 e. The number of nitrogens with zero attached hydrogens (tertiary/aromatic N) is 1. The number of benzene rings is 2. The molecule has 1 N–H and O–H groups in total. The van der Waals surface area contributed by atoms with E-state index in [2.05, 4.69) is 9.97 Å². The van der Waals surface area contributed by atoms with E-state index in [1.165, 1.54) is 0 Å². The van der Waals surface area contributed by atoms with E-state index in [4.69, 9.17) is 18.9 Å². The lowest BCUT2D eigenvalue weighted by atomic mass is 10.0. The third-order valence-electron chi connectivity index (χ3n) is 4.77. The zero-order valence-corrected chi connectivity index (χ0v) is 17.4. The summed E-state index contributed by atoms with van der Waals surface area (Å²) in [5.41, 5.74) is 2.65. The van der Waals surface area contributed by atoms with Crippen LogP contribution < -0.4 is 9.47 Å². The fourth-order valence-electron chi connectivity index (χ4n) is 3.18. The van der Waals surface area contributed by atoms with Crippen molar-refractivity contribution in [3.8, 4) is 34.0 Å². The molecule has 2 heterocycles. The Hall–Kier alpha value is -2.88. The third kappa shape index (κ3) is 4.18. The highest BCUT2D eigenvalue weighted by molar-refractivity contribution is 7.91. The van der Waals surface area contributed by atoms with Crippen molar-refractivity contribution >= 4 is 9.84 Å². The topological polar surface area (TPSA) is 99.7 Å². The van der Waals surface area contributed by atoms with Crippen LogP contribution in [0.25, 0.3) is 22.5 Å². The highest BCUT2D eigenvalue weighted by Gasteiger charge is 2.29. The van der Waals surface area contributed by atoms with Gasteiger partial charge in [-0.3, -0.25) is 0 Å². The third-order valence-corrected chi connectivity index (χ3v) is 6.26. The van der Waals surface area contributed by atoms with E-state index in [0.29, 0.717) is 36.1 Å². The molecule has 30 heavy (non-hydrogen) atoms. The molecule has 0 aliphatic carbocycles. The van der Waals surface area contributed by atoms with Crippen molar-refractivity contribution in [2.75, 3.05) is 33.2 Å². The molecule has 9 heteroatoms. The summed E-state index contributed by atoms with van der Waals surface area (Å²) in [5.74, 6) is 1.10. The largest absolute Gasteiger partial charge is 0.497 e. The van der Waals surface area contributed by atoms with E-state index >= 15 is 0 Å². The average Bonchev–Trinajstić information content (AvgIpc) is 3.44. The van der Waals surface area contributed by atoms with Gasteiger partial charge in [0.25, 0.3) is 0 Å². The molecule has 0 radical (unpaired) electrons. The highest BCUT2D eigenvalue weighted by atomic mass is 32.2. The molecule has 2 aromatic carbocycles. The van der Waals surface area contributed by atoms with E-state index in [-0.39, 0.29) is 10.9 Å². The molecule has 0 unspecified atom stereocenters. The predicted octanol–water partition coefficient (Wildman–Crippen LogP) is 2.91. The predicted molar refractivity (Wildman–Crippen MR) is 110 cm³/mol. The van der Waals surface area contributed by atoms with Gasteiger partial charge in [-0.15, -0.1) is 0 Å². The molecule has 158 valence electrons. The van der Waals surface area contributed by atoms with Crippen LogP contribution in [0.2, 0.25) is 0 Å². The van der Waals surface area contributed by atoms with E-state index in [9.17, 15) is 8.42 Å². The van der Waals surface area contributed by atoms with Gasteiger partial charge < -0.3 is 23.9 Å². The van der Waals surface area contributed by atoms with Crippen molar-refractivity contribution in [1.82, 2.24) is 9.97 Å². The molecular formula is C21H22N2O6S. The first-order valence-electron chi connectivity index (χ1n) is 9.35. The molecule has 1 aliphatic rings. The number of methoxy groups -OCH3 is 2. The normalized spacial score (nSPS) is 14.7.